The van der Waals surface area contributed by atoms with Crippen molar-refractivity contribution in [2.24, 2.45) is 0 Å². The van der Waals surface area contributed by atoms with E-state index in [4.69, 9.17) is 5.11 Å². The first-order chi connectivity index (χ1) is 6.15. The first-order valence-corrected chi connectivity index (χ1v) is 3.69. The number of carbonyl (C=O) groups is 1. The van der Waals surface area contributed by atoms with Crippen LogP contribution in [-0.4, -0.2) is 30.3 Å². The number of rotatable bonds is 3. The Bertz CT molecular complexity index is 313. The molecular weight excluding hydrogens is 171 g/mol. The van der Waals surface area contributed by atoms with Gasteiger partial charge in [0.05, 0.1) is 5.56 Å². The summed E-state index contributed by atoms with van der Waals surface area (Å²) in [7, 11) is 0.275. The zero-order valence-corrected chi connectivity index (χ0v) is 7.10. The lowest BCUT2D eigenvalue weighted by Gasteiger charge is -2.03. The van der Waals surface area contributed by atoms with Crippen LogP contribution in [-0.2, 0) is 4.65 Å². The summed E-state index contributed by atoms with van der Waals surface area (Å²) in [6.45, 7) is 0. The van der Waals surface area contributed by atoms with Crippen LogP contribution in [0, 0.1) is 0 Å². The molecule has 2 N–H and O–H groups in total. The Labute approximate surface area is 75.9 Å². The highest BCUT2D eigenvalue weighted by molar-refractivity contribution is 6.60. The molecule has 0 fully saturated rings. The number of aromatic carboxylic acids is 1. The summed E-state index contributed by atoms with van der Waals surface area (Å²) in [5.41, 5.74) is 0.566. The van der Waals surface area contributed by atoms with Crippen molar-refractivity contribution in [1.29, 1.82) is 0 Å². The Balaban J connectivity index is 2.98. The Kier molecular flexibility index (Phi) is 3.05. The van der Waals surface area contributed by atoms with Crippen LogP contribution >= 0.6 is 0 Å². The largest absolute Gasteiger partial charge is 0.490 e. The molecule has 0 unspecified atom stereocenters. The number of hydrogen-bond donors (Lipinski definition) is 2. The monoisotopic (exact) mass is 180 g/mol. The van der Waals surface area contributed by atoms with Crippen molar-refractivity contribution in [3.05, 3.63) is 29.8 Å². The van der Waals surface area contributed by atoms with Gasteiger partial charge in [0.1, 0.15) is 0 Å². The van der Waals surface area contributed by atoms with Crippen LogP contribution in [0.15, 0.2) is 24.3 Å². The van der Waals surface area contributed by atoms with E-state index < -0.39 is 13.1 Å². The van der Waals surface area contributed by atoms with Crippen LogP contribution in [0.5, 0.6) is 0 Å². The van der Waals surface area contributed by atoms with E-state index in [9.17, 15) is 9.82 Å². The van der Waals surface area contributed by atoms with Crippen molar-refractivity contribution in [3.63, 3.8) is 0 Å². The third-order valence-electron chi connectivity index (χ3n) is 1.64. The zero-order valence-electron chi connectivity index (χ0n) is 7.10. The average Bonchev–Trinajstić information content (AvgIpc) is 2.17. The molecule has 0 aliphatic rings. The van der Waals surface area contributed by atoms with Crippen LogP contribution in [0.25, 0.3) is 0 Å². The fraction of sp³-hybridized carbons (Fsp3) is 0.125. The van der Waals surface area contributed by atoms with Crippen LogP contribution in [0.1, 0.15) is 10.4 Å². The standard InChI is InChI=1S/C8H9BO4/c1-13-9(12)7-4-2-3-6(5-7)8(10)11/h2-5,12H,1H3,(H,10,11). The summed E-state index contributed by atoms with van der Waals surface area (Å²) in [6.07, 6.45) is 0. The maximum atomic E-state index is 10.5. The van der Waals surface area contributed by atoms with E-state index >= 15 is 0 Å². The van der Waals surface area contributed by atoms with Crippen LogP contribution in [0.2, 0.25) is 0 Å². The maximum Gasteiger partial charge on any atom is 0.490 e. The molecule has 1 rings (SSSR count). The molecule has 0 aliphatic carbocycles. The minimum atomic E-state index is -1.07. The van der Waals surface area contributed by atoms with Crippen LogP contribution < -0.4 is 5.46 Å². The van der Waals surface area contributed by atoms with Crippen molar-refractivity contribution < 1.29 is 19.6 Å². The smallest absolute Gasteiger partial charge is 0.478 e. The molecule has 0 bridgehead atoms. The van der Waals surface area contributed by atoms with Gasteiger partial charge in [-0.3, -0.25) is 0 Å². The summed E-state index contributed by atoms with van der Waals surface area (Å²) in [6, 6.07) is 5.98. The summed E-state index contributed by atoms with van der Waals surface area (Å²) in [5, 5.41) is 17.9. The van der Waals surface area contributed by atoms with Gasteiger partial charge in [0.25, 0.3) is 0 Å². The van der Waals surface area contributed by atoms with E-state index in [1.165, 1.54) is 19.2 Å². The molecule has 0 aromatic heterocycles. The third kappa shape index (κ3) is 2.30. The minimum Gasteiger partial charge on any atom is -0.478 e. The van der Waals surface area contributed by atoms with Gasteiger partial charge in [0.15, 0.2) is 0 Å². The van der Waals surface area contributed by atoms with Gasteiger partial charge in [-0.2, -0.15) is 0 Å². The van der Waals surface area contributed by atoms with E-state index in [2.05, 4.69) is 4.65 Å². The molecule has 1 aromatic carbocycles. The Morgan fingerprint density at radius 2 is 2.23 bits per heavy atom. The predicted octanol–water partition coefficient (Wildman–Crippen LogP) is -0.281. The van der Waals surface area contributed by atoms with Crippen molar-refractivity contribution in [2.45, 2.75) is 0 Å². The second kappa shape index (κ2) is 4.07. The Morgan fingerprint density at radius 3 is 2.77 bits per heavy atom. The van der Waals surface area contributed by atoms with E-state index in [0.29, 0.717) is 5.46 Å². The van der Waals surface area contributed by atoms with Crippen molar-refractivity contribution in [3.8, 4) is 0 Å². The van der Waals surface area contributed by atoms with Crippen LogP contribution in [0.3, 0.4) is 0 Å². The summed E-state index contributed by atoms with van der Waals surface area (Å²) >= 11 is 0. The average molecular weight is 180 g/mol. The normalized spacial score (nSPS) is 9.69. The summed E-state index contributed by atoms with van der Waals surface area (Å²) < 4.78 is 4.63. The summed E-state index contributed by atoms with van der Waals surface area (Å²) in [5.74, 6) is -1.02. The molecule has 0 amide bonds. The molecule has 1 aromatic rings. The molecule has 5 heteroatoms. The molecule has 0 atom stereocenters. The van der Waals surface area contributed by atoms with Crippen molar-refractivity contribution >= 4 is 18.6 Å². The molecule has 0 aliphatic heterocycles. The molecule has 13 heavy (non-hydrogen) atoms. The van der Waals surface area contributed by atoms with E-state index in [0.717, 1.165) is 0 Å². The number of hydrogen-bond acceptors (Lipinski definition) is 3. The van der Waals surface area contributed by atoms with Gasteiger partial charge in [-0.1, -0.05) is 12.1 Å². The van der Waals surface area contributed by atoms with Crippen LogP contribution in [0.4, 0.5) is 0 Å². The van der Waals surface area contributed by atoms with Crippen molar-refractivity contribution in [1.82, 2.24) is 0 Å². The lowest BCUT2D eigenvalue weighted by molar-refractivity contribution is 0.0697. The Hall–Kier alpha value is -1.33. The molecule has 4 nitrogen and oxygen atoms in total. The topological polar surface area (TPSA) is 66.8 Å². The highest BCUT2D eigenvalue weighted by atomic mass is 16.5. The molecule has 0 saturated carbocycles. The van der Waals surface area contributed by atoms with Gasteiger partial charge in [-0.15, -0.1) is 0 Å². The van der Waals surface area contributed by atoms with Gasteiger partial charge in [0.2, 0.25) is 0 Å². The lowest BCUT2D eigenvalue weighted by Crippen LogP contribution is -2.32. The van der Waals surface area contributed by atoms with E-state index in [1.807, 2.05) is 0 Å². The van der Waals surface area contributed by atoms with Crippen molar-refractivity contribution in [2.75, 3.05) is 7.11 Å². The Morgan fingerprint density at radius 1 is 1.54 bits per heavy atom. The first-order valence-electron chi connectivity index (χ1n) is 3.69. The first kappa shape index (κ1) is 9.76. The zero-order chi connectivity index (χ0) is 9.84. The maximum absolute atomic E-state index is 10.5. The molecule has 0 spiro atoms. The van der Waals surface area contributed by atoms with Gasteiger partial charge in [-0.25, -0.2) is 4.79 Å². The van der Waals surface area contributed by atoms with Gasteiger partial charge < -0.3 is 14.8 Å². The fourth-order valence-electron chi connectivity index (χ4n) is 0.961. The van der Waals surface area contributed by atoms with E-state index in [-0.39, 0.29) is 5.56 Å². The predicted molar refractivity (Wildman–Crippen MR) is 48.0 cm³/mol. The van der Waals surface area contributed by atoms with Gasteiger partial charge in [0, 0.05) is 7.11 Å². The highest BCUT2D eigenvalue weighted by Gasteiger charge is 2.15. The number of benzene rings is 1. The summed E-state index contributed by atoms with van der Waals surface area (Å²) in [4.78, 5) is 10.5. The highest BCUT2D eigenvalue weighted by Crippen LogP contribution is 1.97. The number of carboxylic acids is 1. The minimum absolute atomic E-state index is 0.133. The quantitative estimate of drug-likeness (QED) is 0.627. The third-order valence-corrected chi connectivity index (χ3v) is 1.64. The molecule has 0 saturated heterocycles. The van der Waals surface area contributed by atoms with Gasteiger partial charge >= 0.3 is 13.1 Å². The second-order valence-corrected chi connectivity index (χ2v) is 2.52. The van der Waals surface area contributed by atoms with E-state index in [1.54, 1.807) is 12.1 Å². The molecule has 0 radical (unpaired) electrons. The molecule has 0 heterocycles. The molecular formula is C8H9BO4. The lowest BCUT2D eigenvalue weighted by atomic mass is 9.79. The van der Waals surface area contributed by atoms with Gasteiger partial charge in [-0.05, 0) is 17.6 Å². The fourth-order valence-corrected chi connectivity index (χ4v) is 0.961. The second-order valence-electron chi connectivity index (χ2n) is 2.52. The SMILES string of the molecule is COB(O)c1cccc(C(=O)O)c1. The number of carboxylic acid groups (broad SMARTS) is 1. The molecule has 68 valence electrons.